The number of piperidine rings is 1. The van der Waals surface area contributed by atoms with Crippen LogP contribution in [-0.4, -0.2) is 53.4 Å². The van der Waals surface area contributed by atoms with E-state index in [1.165, 1.54) is 0 Å². The fourth-order valence-electron chi connectivity index (χ4n) is 3.72. The molecule has 7 heteroatoms. The number of morpholine rings is 1. The molecule has 4 rings (SSSR count). The van der Waals surface area contributed by atoms with Crippen molar-refractivity contribution in [3.63, 3.8) is 0 Å². The van der Waals surface area contributed by atoms with Gasteiger partial charge in [-0.1, -0.05) is 0 Å². The number of carbonyl (C=O) groups excluding carboxylic acids is 1. The van der Waals surface area contributed by atoms with Crippen molar-refractivity contribution in [1.82, 2.24) is 20.0 Å². The number of aromatic nitrogens is 2. The van der Waals surface area contributed by atoms with Crippen molar-refractivity contribution in [2.45, 2.75) is 24.9 Å². The summed E-state index contributed by atoms with van der Waals surface area (Å²) in [7, 11) is 1.89. The van der Waals surface area contributed by atoms with E-state index < -0.39 is 0 Å². The minimum atomic E-state index is -0.0274. The van der Waals surface area contributed by atoms with Crippen LogP contribution < -0.4 is 5.32 Å². The van der Waals surface area contributed by atoms with Gasteiger partial charge in [0.05, 0.1) is 24.4 Å². The fraction of sp³-hybridized carbons (Fsp3) is 0.556. The van der Waals surface area contributed by atoms with Crippen LogP contribution >= 0.6 is 11.3 Å². The van der Waals surface area contributed by atoms with Crippen molar-refractivity contribution in [1.29, 1.82) is 0 Å². The summed E-state index contributed by atoms with van der Waals surface area (Å²) < 4.78 is 7.64. The van der Waals surface area contributed by atoms with Crippen LogP contribution in [0.25, 0.3) is 0 Å². The van der Waals surface area contributed by atoms with E-state index >= 15 is 0 Å². The Balaban J connectivity index is 1.54. The van der Waals surface area contributed by atoms with Gasteiger partial charge in [0, 0.05) is 32.3 Å². The summed E-state index contributed by atoms with van der Waals surface area (Å²) in [6.07, 6.45) is 4.07. The van der Waals surface area contributed by atoms with E-state index in [2.05, 4.69) is 27.2 Å². The van der Waals surface area contributed by atoms with E-state index in [1.54, 1.807) is 16.0 Å². The lowest BCUT2D eigenvalue weighted by Crippen LogP contribution is -2.42. The molecule has 2 aromatic rings. The van der Waals surface area contributed by atoms with Crippen molar-refractivity contribution in [2.24, 2.45) is 7.05 Å². The molecule has 25 heavy (non-hydrogen) atoms. The van der Waals surface area contributed by atoms with Gasteiger partial charge in [-0.25, -0.2) is 0 Å². The largest absolute Gasteiger partial charge is 0.370 e. The molecule has 2 aliphatic heterocycles. The van der Waals surface area contributed by atoms with Crippen LogP contribution in [0.15, 0.2) is 23.0 Å². The first-order chi connectivity index (χ1) is 12.2. The van der Waals surface area contributed by atoms with Gasteiger partial charge in [0.25, 0.3) is 5.91 Å². The first-order valence-electron chi connectivity index (χ1n) is 8.89. The minimum absolute atomic E-state index is 0.0274. The normalized spacial score (nSPS) is 24.4. The molecular weight excluding hydrogens is 336 g/mol. The molecule has 2 unspecified atom stereocenters. The smallest absolute Gasteiger partial charge is 0.257 e. The Hall–Kier alpha value is -1.70. The quantitative estimate of drug-likeness (QED) is 0.911. The van der Waals surface area contributed by atoms with Crippen LogP contribution in [0, 0.1) is 0 Å². The number of ether oxygens (including phenoxy) is 1. The summed E-state index contributed by atoms with van der Waals surface area (Å²) in [5.74, 6) is 0.403. The Morgan fingerprint density at radius 1 is 1.48 bits per heavy atom. The number of rotatable bonds is 3. The summed E-state index contributed by atoms with van der Waals surface area (Å²) in [6.45, 7) is 3.77. The molecule has 1 N–H and O–H groups in total. The van der Waals surface area contributed by atoms with Gasteiger partial charge in [0.15, 0.2) is 0 Å². The summed E-state index contributed by atoms with van der Waals surface area (Å²) >= 11 is 1.66. The SMILES string of the molecule is Cn1cc(C(=O)N2CCOC(c3ccsc3)C2)c(C2CCCNC2)n1. The van der Waals surface area contributed by atoms with Gasteiger partial charge in [-0.2, -0.15) is 16.4 Å². The molecule has 134 valence electrons. The van der Waals surface area contributed by atoms with Crippen LogP contribution in [0.2, 0.25) is 0 Å². The second-order valence-corrected chi connectivity index (χ2v) is 7.59. The highest BCUT2D eigenvalue weighted by molar-refractivity contribution is 7.07. The molecular formula is C18H24N4O2S. The topological polar surface area (TPSA) is 59.4 Å². The predicted molar refractivity (Wildman–Crippen MR) is 97.0 cm³/mol. The van der Waals surface area contributed by atoms with E-state index in [1.807, 2.05) is 18.1 Å². The molecule has 2 fully saturated rings. The highest BCUT2D eigenvalue weighted by Crippen LogP contribution is 2.28. The van der Waals surface area contributed by atoms with Gasteiger partial charge in [-0.05, 0) is 41.8 Å². The zero-order valence-corrected chi connectivity index (χ0v) is 15.3. The molecule has 0 bridgehead atoms. The van der Waals surface area contributed by atoms with Crippen LogP contribution in [0.3, 0.4) is 0 Å². The van der Waals surface area contributed by atoms with Gasteiger partial charge in [-0.3, -0.25) is 9.48 Å². The van der Waals surface area contributed by atoms with Crippen LogP contribution in [0.1, 0.15) is 46.5 Å². The zero-order valence-electron chi connectivity index (χ0n) is 14.5. The van der Waals surface area contributed by atoms with Crippen molar-refractivity contribution >= 4 is 17.2 Å². The zero-order chi connectivity index (χ0) is 17.2. The van der Waals surface area contributed by atoms with Gasteiger partial charge < -0.3 is 15.0 Å². The van der Waals surface area contributed by atoms with Gasteiger partial charge >= 0.3 is 0 Å². The molecule has 0 spiro atoms. The van der Waals surface area contributed by atoms with Gasteiger partial charge in [0.2, 0.25) is 0 Å². The molecule has 0 saturated carbocycles. The van der Waals surface area contributed by atoms with Crippen molar-refractivity contribution in [3.05, 3.63) is 39.8 Å². The predicted octanol–water partition coefficient (Wildman–Crippen LogP) is 2.16. The molecule has 4 heterocycles. The maximum Gasteiger partial charge on any atom is 0.257 e. The Morgan fingerprint density at radius 2 is 2.40 bits per heavy atom. The van der Waals surface area contributed by atoms with E-state index in [-0.39, 0.29) is 12.0 Å². The highest BCUT2D eigenvalue weighted by Gasteiger charge is 2.31. The maximum atomic E-state index is 13.2. The number of aryl methyl sites for hydroxylation is 1. The number of nitrogens with one attached hydrogen (secondary N) is 1. The van der Waals surface area contributed by atoms with Gasteiger partial charge in [0.1, 0.15) is 6.10 Å². The fourth-order valence-corrected chi connectivity index (χ4v) is 4.42. The second-order valence-electron chi connectivity index (χ2n) is 6.81. The van der Waals surface area contributed by atoms with Crippen molar-refractivity contribution < 1.29 is 9.53 Å². The third kappa shape index (κ3) is 3.49. The Morgan fingerprint density at radius 3 is 3.16 bits per heavy atom. The second kappa shape index (κ2) is 7.27. The minimum Gasteiger partial charge on any atom is -0.370 e. The summed E-state index contributed by atoms with van der Waals surface area (Å²) in [4.78, 5) is 15.1. The molecule has 2 saturated heterocycles. The van der Waals surface area contributed by atoms with Gasteiger partial charge in [-0.15, -0.1) is 0 Å². The average molecular weight is 360 g/mol. The average Bonchev–Trinajstić information content (AvgIpc) is 3.32. The molecule has 2 aromatic heterocycles. The Kier molecular flexibility index (Phi) is 4.87. The number of thiophene rings is 1. The highest BCUT2D eigenvalue weighted by atomic mass is 32.1. The van der Waals surface area contributed by atoms with Crippen molar-refractivity contribution in [3.8, 4) is 0 Å². The van der Waals surface area contributed by atoms with Crippen LogP contribution in [0.4, 0.5) is 0 Å². The third-order valence-electron chi connectivity index (χ3n) is 5.04. The first-order valence-corrected chi connectivity index (χ1v) is 9.84. The molecule has 0 aromatic carbocycles. The van der Waals surface area contributed by atoms with Crippen LogP contribution in [0.5, 0.6) is 0 Å². The third-order valence-corrected chi connectivity index (χ3v) is 5.74. The molecule has 6 nitrogen and oxygen atoms in total. The molecule has 0 radical (unpaired) electrons. The lowest BCUT2D eigenvalue weighted by atomic mass is 9.93. The lowest BCUT2D eigenvalue weighted by molar-refractivity contribution is -0.0226. The summed E-state index contributed by atoms with van der Waals surface area (Å²) in [5, 5.41) is 12.2. The monoisotopic (exact) mass is 360 g/mol. The Bertz CT molecular complexity index is 722. The maximum absolute atomic E-state index is 13.2. The number of nitrogens with zero attached hydrogens (tertiary/aromatic N) is 3. The molecule has 0 aliphatic carbocycles. The number of hydrogen-bond donors (Lipinski definition) is 1. The van der Waals surface area contributed by atoms with E-state index in [0.717, 1.165) is 42.8 Å². The number of hydrogen-bond acceptors (Lipinski definition) is 5. The van der Waals surface area contributed by atoms with E-state index in [4.69, 9.17) is 4.74 Å². The summed E-state index contributed by atoms with van der Waals surface area (Å²) in [5.41, 5.74) is 2.85. The van der Waals surface area contributed by atoms with Crippen molar-refractivity contribution in [2.75, 3.05) is 32.8 Å². The summed E-state index contributed by atoms with van der Waals surface area (Å²) in [6, 6.07) is 2.08. The molecule has 2 aliphatic rings. The Labute approximate surface area is 151 Å². The standard InChI is InChI=1S/C18H24N4O2S/c1-21-10-15(17(20-21)13-3-2-5-19-9-13)18(23)22-6-7-24-16(11-22)14-4-8-25-12-14/h4,8,10,12-13,16,19H,2-3,5-7,9,11H2,1H3. The van der Waals surface area contributed by atoms with E-state index in [0.29, 0.717) is 25.6 Å². The number of amides is 1. The first kappa shape index (κ1) is 16.8. The lowest BCUT2D eigenvalue weighted by Gasteiger charge is -2.33. The van der Waals surface area contributed by atoms with Crippen LogP contribution in [-0.2, 0) is 11.8 Å². The molecule has 1 amide bonds. The number of carbonyl (C=O) groups is 1. The van der Waals surface area contributed by atoms with E-state index in [9.17, 15) is 4.79 Å². The molecule has 2 atom stereocenters.